The van der Waals surface area contributed by atoms with Crippen LogP contribution in [0.25, 0.3) is 4.96 Å². The van der Waals surface area contributed by atoms with Crippen molar-refractivity contribution in [1.82, 2.24) is 14.7 Å². The van der Waals surface area contributed by atoms with Crippen LogP contribution >= 0.6 is 22.9 Å². The van der Waals surface area contributed by atoms with Gasteiger partial charge in [-0.2, -0.15) is 4.98 Å². The Hall–Kier alpha value is -1.56. The second kappa shape index (κ2) is 6.05. The Morgan fingerprint density at radius 3 is 3.10 bits per heavy atom. The van der Waals surface area contributed by atoms with Gasteiger partial charge in [0.1, 0.15) is 5.69 Å². The molecule has 3 rings (SSSR count). The van der Waals surface area contributed by atoms with Crippen LogP contribution in [0.3, 0.4) is 0 Å². The van der Waals surface area contributed by atoms with E-state index in [4.69, 9.17) is 16.3 Å². The molecule has 6 heteroatoms. The first-order valence-corrected chi connectivity index (χ1v) is 7.92. The summed E-state index contributed by atoms with van der Waals surface area (Å²) in [6, 6.07) is 8.08. The molecule has 0 aliphatic carbocycles. The van der Waals surface area contributed by atoms with Gasteiger partial charge in [0.05, 0.1) is 7.11 Å². The number of fused-ring (bicyclic) bond motifs is 1. The van der Waals surface area contributed by atoms with Gasteiger partial charge >= 0.3 is 0 Å². The van der Waals surface area contributed by atoms with E-state index in [1.54, 1.807) is 18.4 Å². The molecule has 1 N–H and O–H groups in total. The van der Waals surface area contributed by atoms with Crippen molar-refractivity contribution in [3.05, 3.63) is 52.1 Å². The second-order valence-corrected chi connectivity index (χ2v) is 6.09. The van der Waals surface area contributed by atoms with Crippen molar-refractivity contribution in [2.75, 3.05) is 7.11 Å². The van der Waals surface area contributed by atoms with Gasteiger partial charge in [-0.3, -0.25) is 4.40 Å². The maximum atomic E-state index is 6.04. The zero-order valence-corrected chi connectivity index (χ0v) is 13.4. The Kier molecular flexibility index (Phi) is 4.14. The molecule has 0 aliphatic rings. The number of benzene rings is 1. The number of nitrogens with one attached hydrogen (secondary N) is 1. The molecule has 110 valence electrons. The van der Waals surface area contributed by atoms with Gasteiger partial charge in [0.15, 0.2) is 4.96 Å². The number of hydrogen-bond acceptors (Lipinski definition) is 4. The predicted molar refractivity (Wildman–Crippen MR) is 86.3 cm³/mol. The summed E-state index contributed by atoms with van der Waals surface area (Å²) in [6.07, 6.45) is 2.01. The van der Waals surface area contributed by atoms with Crippen LogP contribution in [-0.2, 0) is 6.54 Å². The topological polar surface area (TPSA) is 38.6 Å². The van der Waals surface area contributed by atoms with Gasteiger partial charge in [0.2, 0.25) is 5.88 Å². The summed E-state index contributed by atoms with van der Waals surface area (Å²) in [5.41, 5.74) is 2.19. The first kappa shape index (κ1) is 14.4. The van der Waals surface area contributed by atoms with E-state index >= 15 is 0 Å². The number of hydrogen-bond donors (Lipinski definition) is 1. The molecule has 4 nitrogen and oxygen atoms in total. The Bertz CT molecular complexity index is 752. The normalized spacial score (nSPS) is 12.7. The van der Waals surface area contributed by atoms with Crippen LogP contribution in [0.5, 0.6) is 5.88 Å². The number of rotatable bonds is 5. The van der Waals surface area contributed by atoms with Gasteiger partial charge in [-0.15, -0.1) is 11.3 Å². The lowest BCUT2D eigenvalue weighted by molar-refractivity contribution is 0.391. The highest BCUT2D eigenvalue weighted by molar-refractivity contribution is 7.15. The fourth-order valence-corrected chi connectivity index (χ4v) is 3.20. The van der Waals surface area contributed by atoms with Crippen LogP contribution in [0.15, 0.2) is 35.8 Å². The lowest BCUT2D eigenvalue weighted by Crippen LogP contribution is -2.19. The van der Waals surface area contributed by atoms with Gasteiger partial charge in [-0.25, -0.2) is 0 Å². The molecule has 2 heterocycles. The molecule has 21 heavy (non-hydrogen) atoms. The Labute approximate surface area is 132 Å². The van der Waals surface area contributed by atoms with E-state index in [1.165, 1.54) is 0 Å². The summed E-state index contributed by atoms with van der Waals surface area (Å²) < 4.78 is 7.42. The largest absolute Gasteiger partial charge is 0.480 e. The monoisotopic (exact) mass is 321 g/mol. The van der Waals surface area contributed by atoms with Crippen LogP contribution < -0.4 is 10.1 Å². The first-order chi connectivity index (χ1) is 10.2. The Morgan fingerprint density at radius 1 is 1.48 bits per heavy atom. The van der Waals surface area contributed by atoms with Crippen LogP contribution in [0.4, 0.5) is 0 Å². The summed E-state index contributed by atoms with van der Waals surface area (Å²) >= 11 is 7.64. The molecule has 0 bridgehead atoms. The minimum atomic E-state index is 0.192. The molecule has 0 radical (unpaired) electrons. The van der Waals surface area contributed by atoms with Crippen molar-refractivity contribution in [2.24, 2.45) is 0 Å². The minimum absolute atomic E-state index is 0.192. The molecule has 0 spiro atoms. The van der Waals surface area contributed by atoms with Gasteiger partial charge < -0.3 is 10.1 Å². The van der Waals surface area contributed by atoms with E-state index in [0.717, 1.165) is 21.2 Å². The van der Waals surface area contributed by atoms with E-state index in [2.05, 4.69) is 27.7 Å². The summed E-state index contributed by atoms with van der Waals surface area (Å²) in [5.74, 6) is 0.674. The molecule has 0 saturated carbocycles. The third-order valence-corrected chi connectivity index (χ3v) is 4.43. The van der Waals surface area contributed by atoms with Crippen LogP contribution in [0.1, 0.15) is 24.2 Å². The molecule has 0 aliphatic heterocycles. The predicted octanol–water partition coefficient (Wildman–Crippen LogP) is 3.91. The smallest absolute Gasteiger partial charge is 0.237 e. The van der Waals surface area contributed by atoms with Gasteiger partial charge in [0.25, 0.3) is 0 Å². The fourth-order valence-electron chi connectivity index (χ4n) is 2.28. The highest BCUT2D eigenvalue weighted by atomic mass is 35.5. The quantitative estimate of drug-likeness (QED) is 0.774. The molecule has 0 saturated heterocycles. The average molecular weight is 322 g/mol. The molecule has 2 aromatic heterocycles. The molecular weight excluding hydrogens is 306 g/mol. The van der Waals surface area contributed by atoms with E-state index in [0.29, 0.717) is 12.4 Å². The Balaban J connectivity index is 1.78. The van der Waals surface area contributed by atoms with Crippen LogP contribution in [-0.4, -0.2) is 16.5 Å². The van der Waals surface area contributed by atoms with Crippen molar-refractivity contribution >= 4 is 27.9 Å². The van der Waals surface area contributed by atoms with Gasteiger partial charge in [-0.1, -0.05) is 23.7 Å². The van der Waals surface area contributed by atoms with Gasteiger partial charge in [0, 0.05) is 29.2 Å². The highest BCUT2D eigenvalue weighted by Gasteiger charge is 2.14. The maximum absolute atomic E-state index is 6.04. The number of halogens is 1. The Morgan fingerprint density at radius 2 is 2.33 bits per heavy atom. The minimum Gasteiger partial charge on any atom is -0.480 e. The molecular formula is C15H16ClN3OS. The summed E-state index contributed by atoms with van der Waals surface area (Å²) in [5, 5.41) is 6.26. The van der Waals surface area contributed by atoms with Crippen molar-refractivity contribution in [3.8, 4) is 5.88 Å². The first-order valence-electron chi connectivity index (χ1n) is 6.66. The van der Waals surface area contributed by atoms with Crippen molar-refractivity contribution in [2.45, 2.75) is 19.5 Å². The molecule has 3 aromatic rings. The van der Waals surface area contributed by atoms with E-state index in [-0.39, 0.29) is 6.04 Å². The number of aromatic nitrogens is 2. The SMILES string of the molecule is COc1nc2sccn2c1CNC(C)c1cccc(Cl)c1. The van der Waals surface area contributed by atoms with Gasteiger partial charge in [-0.05, 0) is 24.6 Å². The number of nitrogens with zero attached hydrogens (tertiary/aromatic N) is 2. The van der Waals surface area contributed by atoms with Crippen LogP contribution in [0.2, 0.25) is 5.02 Å². The van der Waals surface area contributed by atoms with E-state index in [1.807, 2.05) is 29.8 Å². The molecule has 1 atom stereocenters. The second-order valence-electron chi connectivity index (χ2n) is 4.78. The average Bonchev–Trinajstić information content (AvgIpc) is 3.05. The maximum Gasteiger partial charge on any atom is 0.237 e. The highest BCUT2D eigenvalue weighted by Crippen LogP contribution is 2.24. The van der Waals surface area contributed by atoms with E-state index < -0.39 is 0 Å². The number of ether oxygens (including phenoxy) is 1. The van der Waals surface area contributed by atoms with E-state index in [9.17, 15) is 0 Å². The molecule has 0 amide bonds. The molecule has 0 fully saturated rings. The number of imidazole rings is 1. The lowest BCUT2D eigenvalue weighted by Gasteiger charge is -2.14. The van der Waals surface area contributed by atoms with Crippen molar-refractivity contribution in [1.29, 1.82) is 0 Å². The molecule has 1 aromatic carbocycles. The van der Waals surface area contributed by atoms with Crippen LogP contribution in [0, 0.1) is 0 Å². The van der Waals surface area contributed by atoms with Crippen molar-refractivity contribution in [3.63, 3.8) is 0 Å². The van der Waals surface area contributed by atoms with Crippen molar-refractivity contribution < 1.29 is 4.74 Å². The summed E-state index contributed by atoms with van der Waals surface area (Å²) in [6.45, 7) is 2.79. The third kappa shape index (κ3) is 2.90. The standard InChI is InChI=1S/C15H16ClN3OS/c1-10(11-4-3-5-12(16)8-11)17-9-13-14(20-2)18-15-19(13)6-7-21-15/h3-8,10,17H,9H2,1-2H3. The molecule has 1 unspecified atom stereocenters. The lowest BCUT2D eigenvalue weighted by atomic mass is 10.1. The summed E-state index contributed by atoms with van der Waals surface area (Å²) in [7, 11) is 1.65. The number of methoxy groups -OCH3 is 1. The zero-order valence-electron chi connectivity index (χ0n) is 11.8. The summed E-state index contributed by atoms with van der Waals surface area (Å²) in [4.78, 5) is 5.40. The third-order valence-electron chi connectivity index (χ3n) is 3.44. The fraction of sp³-hybridized carbons (Fsp3) is 0.267. The number of thiazole rings is 1. The zero-order chi connectivity index (χ0) is 14.8.